The molecular weight excluding hydrogens is 316 g/mol. The number of aliphatic imine (C=N–C) groups is 1. The summed E-state index contributed by atoms with van der Waals surface area (Å²) < 4.78 is 0. The first-order chi connectivity index (χ1) is 11.8. The van der Waals surface area contributed by atoms with Crippen LogP contribution in [0.15, 0.2) is 93.5 Å². The van der Waals surface area contributed by atoms with E-state index in [9.17, 15) is 4.79 Å². The second-order valence-electron chi connectivity index (χ2n) is 5.09. The van der Waals surface area contributed by atoms with Crippen molar-refractivity contribution in [1.29, 1.82) is 0 Å². The Morgan fingerprint density at radius 3 is 2.71 bits per heavy atom. The Morgan fingerprint density at radius 1 is 1.12 bits per heavy atom. The van der Waals surface area contributed by atoms with Crippen LogP contribution in [0.1, 0.15) is 18.2 Å². The number of rotatable bonds is 4. The summed E-state index contributed by atoms with van der Waals surface area (Å²) >= 11 is 1.60. The number of pyridine rings is 1. The number of allylic oxidation sites excluding steroid dienone is 4. The number of hydrogen-bond acceptors (Lipinski definition) is 4. The van der Waals surface area contributed by atoms with Gasteiger partial charge in [0.2, 0.25) is 0 Å². The predicted molar refractivity (Wildman–Crippen MR) is 99.2 cm³/mol. The Morgan fingerprint density at radius 2 is 1.96 bits per heavy atom. The van der Waals surface area contributed by atoms with Crippen molar-refractivity contribution in [3.63, 3.8) is 0 Å². The van der Waals surface area contributed by atoms with E-state index in [-0.39, 0.29) is 0 Å². The second-order valence-corrected chi connectivity index (χ2v) is 6.01. The van der Waals surface area contributed by atoms with Crippen molar-refractivity contribution in [3.05, 3.63) is 94.8 Å². The molecule has 0 saturated heterocycles. The van der Waals surface area contributed by atoms with Gasteiger partial charge in [0.05, 0.1) is 17.1 Å². The van der Waals surface area contributed by atoms with Gasteiger partial charge in [-0.05, 0) is 31.2 Å². The molecule has 4 heteroatoms. The minimum absolute atomic E-state index is 0.583. The number of carbonyl (C=O) groups is 1. The van der Waals surface area contributed by atoms with Crippen LogP contribution in [0.5, 0.6) is 0 Å². The van der Waals surface area contributed by atoms with Gasteiger partial charge >= 0.3 is 0 Å². The summed E-state index contributed by atoms with van der Waals surface area (Å²) in [6.45, 7) is 1.88. The zero-order chi connectivity index (χ0) is 16.8. The molecule has 0 fully saturated rings. The van der Waals surface area contributed by atoms with Crippen molar-refractivity contribution in [2.24, 2.45) is 4.99 Å². The molecule has 0 bridgehead atoms. The summed E-state index contributed by atoms with van der Waals surface area (Å²) in [5.74, 6) is 0. The zero-order valence-electron chi connectivity index (χ0n) is 13.2. The SMILES string of the molecule is C/C=C\C(C=O)=C/C1=CSc2ccccc2C(c2ccccn2)=N1. The van der Waals surface area contributed by atoms with E-state index in [4.69, 9.17) is 4.99 Å². The molecule has 1 aliphatic rings. The van der Waals surface area contributed by atoms with Crippen molar-refractivity contribution in [2.75, 3.05) is 0 Å². The molecule has 0 N–H and O–H groups in total. The maximum absolute atomic E-state index is 11.2. The molecule has 0 spiro atoms. The van der Waals surface area contributed by atoms with Crippen LogP contribution in [0.4, 0.5) is 0 Å². The molecule has 3 nitrogen and oxygen atoms in total. The van der Waals surface area contributed by atoms with Gasteiger partial charge in [0.1, 0.15) is 6.29 Å². The predicted octanol–water partition coefficient (Wildman–Crippen LogP) is 4.57. The van der Waals surface area contributed by atoms with Crippen molar-refractivity contribution in [2.45, 2.75) is 11.8 Å². The van der Waals surface area contributed by atoms with E-state index >= 15 is 0 Å². The summed E-state index contributed by atoms with van der Waals surface area (Å²) in [6, 6.07) is 13.9. The quantitative estimate of drug-likeness (QED) is 0.468. The van der Waals surface area contributed by atoms with Crippen LogP contribution in [0.3, 0.4) is 0 Å². The highest BCUT2D eigenvalue weighted by atomic mass is 32.2. The number of hydrogen-bond donors (Lipinski definition) is 0. The summed E-state index contributed by atoms with van der Waals surface area (Å²) in [6.07, 6.45) is 7.98. The van der Waals surface area contributed by atoms with Crippen molar-refractivity contribution >= 4 is 23.8 Å². The van der Waals surface area contributed by atoms with Crippen molar-refractivity contribution in [3.8, 4) is 0 Å². The van der Waals surface area contributed by atoms with Gasteiger partial charge in [0.15, 0.2) is 0 Å². The fraction of sp³-hybridized carbons (Fsp3) is 0.0500. The Hall–Kier alpha value is -2.72. The molecule has 3 rings (SSSR count). The van der Waals surface area contributed by atoms with Crippen molar-refractivity contribution < 1.29 is 4.79 Å². The first-order valence-corrected chi connectivity index (χ1v) is 8.45. The minimum Gasteiger partial charge on any atom is -0.298 e. The minimum atomic E-state index is 0.583. The first-order valence-electron chi connectivity index (χ1n) is 7.57. The highest BCUT2D eigenvalue weighted by Crippen LogP contribution is 2.31. The molecule has 0 radical (unpaired) electrons. The molecule has 0 atom stereocenters. The standard InChI is InChI=1S/C20H16N2OS/c1-2-7-15(13-23)12-16-14-24-19-10-4-3-8-17(19)20(22-16)18-9-5-6-11-21-18/h2-14H,1H3/b7-2-,15-12+. The number of aldehydes is 1. The number of aromatic nitrogens is 1. The maximum atomic E-state index is 11.2. The molecule has 1 aliphatic heterocycles. The van der Waals surface area contributed by atoms with Crippen LogP contribution >= 0.6 is 11.8 Å². The smallest absolute Gasteiger partial charge is 0.150 e. The van der Waals surface area contributed by atoms with E-state index < -0.39 is 0 Å². The highest BCUT2D eigenvalue weighted by molar-refractivity contribution is 8.02. The van der Waals surface area contributed by atoms with Crippen LogP contribution in [-0.4, -0.2) is 17.0 Å². The Bertz CT molecular complexity index is 864. The molecular formula is C20H16N2OS. The van der Waals surface area contributed by atoms with Crippen LogP contribution in [0.2, 0.25) is 0 Å². The molecule has 0 unspecified atom stereocenters. The molecule has 1 aromatic heterocycles. The van der Waals surface area contributed by atoms with Gasteiger partial charge in [-0.15, -0.1) is 0 Å². The van der Waals surface area contributed by atoms with Gasteiger partial charge < -0.3 is 0 Å². The van der Waals surface area contributed by atoms with Gasteiger partial charge in [0.25, 0.3) is 0 Å². The summed E-state index contributed by atoms with van der Waals surface area (Å²) in [5.41, 5.74) is 3.98. The van der Waals surface area contributed by atoms with Crippen LogP contribution < -0.4 is 0 Å². The lowest BCUT2D eigenvalue weighted by molar-refractivity contribution is -0.104. The fourth-order valence-electron chi connectivity index (χ4n) is 2.35. The van der Waals surface area contributed by atoms with E-state index in [0.717, 1.165) is 33.8 Å². The average molecular weight is 332 g/mol. The fourth-order valence-corrected chi connectivity index (χ4v) is 3.17. The monoisotopic (exact) mass is 332 g/mol. The Kier molecular flexibility index (Phi) is 5.18. The molecule has 2 aromatic rings. The lowest BCUT2D eigenvalue weighted by atomic mass is 10.1. The van der Waals surface area contributed by atoms with Crippen LogP contribution in [-0.2, 0) is 4.79 Å². The highest BCUT2D eigenvalue weighted by Gasteiger charge is 2.16. The number of nitrogens with zero attached hydrogens (tertiary/aromatic N) is 2. The van der Waals surface area contributed by atoms with Gasteiger partial charge in [-0.3, -0.25) is 9.78 Å². The molecule has 118 valence electrons. The molecule has 0 saturated carbocycles. The van der Waals surface area contributed by atoms with Crippen molar-refractivity contribution in [1.82, 2.24) is 4.98 Å². The normalized spacial score (nSPS) is 14.6. The molecule has 2 heterocycles. The molecule has 0 aliphatic carbocycles. The summed E-state index contributed by atoms with van der Waals surface area (Å²) in [7, 11) is 0. The van der Waals surface area contributed by atoms with E-state index in [1.54, 1.807) is 30.1 Å². The topological polar surface area (TPSA) is 42.3 Å². The average Bonchev–Trinajstić information content (AvgIpc) is 2.82. The molecule has 24 heavy (non-hydrogen) atoms. The second kappa shape index (κ2) is 7.70. The Labute approximate surface area is 145 Å². The number of benzene rings is 1. The number of fused-ring (bicyclic) bond motifs is 1. The molecule has 1 aromatic carbocycles. The lowest BCUT2D eigenvalue weighted by Gasteiger charge is -2.08. The maximum Gasteiger partial charge on any atom is 0.150 e. The number of carbonyl (C=O) groups excluding carboxylic acids is 1. The lowest BCUT2D eigenvalue weighted by Crippen LogP contribution is -2.06. The molecule has 0 amide bonds. The van der Waals surface area contributed by atoms with E-state index in [1.807, 2.05) is 54.8 Å². The van der Waals surface area contributed by atoms with Crippen LogP contribution in [0.25, 0.3) is 0 Å². The van der Waals surface area contributed by atoms with Gasteiger partial charge in [0, 0.05) is 27.6 Å². The zero-order valence-corrected chi connectivity index (χ0v) is 14.0. The largest absolute Gasteiger partial charge is 0.298 e. The summed E-state index contributed by atoms with van der Waals surface area (Å²) in [5, 5.41) is 1.96. The first kappa shape index (κ1) is 16.1. The van der Waals surface area contributed by atoms with E-state index in [0.29, 0.717) is 5.57 Å². The van der Waals surface area contributed by atoms with E-state index in [2.05, 4.69) is 11.1 Å². The third-order valence-electron chi connectivity index (χ3n) is 3.41. The third kappa shape index (κ3) is 3.60. The van der Waals surface area contributed by atoms with Gasteiger partial charge in [-0.25, -0.2) is 4.99 Å². The third-order valence-corrected chi connectivity index (χ3v) is 4.38. The number of thioether (sulfide) groups is 1. The van der Waals surface area contributed by atoms with E-state index in [1.165, 1.54) is 0 Å². The van der Waals surface area contributed by atoms with Gasteiger partial charge in [-0.1, -0.05) is 48.2 Å². The van der Waals surface area contributed by atoms with Gasteiger partial charge in [-0.2, -0.15) is 0 Å². The summed E-state index contributed by atoms with van der Waals surface area (Å²) in [4.78, 5) is 21.5. The van der Waals surface area contributed by atoms with Crippen LogP contribution in [0, 0.1) is 0 Å². The Balaban J connectivity index is 2.14.